The van der Waals surface area contributed by atoms with Crippen LogP contribution in [0.25, 0.3) is 27.0 Å². The van der Waals surface area contributed by atoms with Gasteiger partial charge in [0, 0.05) is 11.1 Å². The van der Waals surface area contributed by atoms with Crippen molar-refractivity contribution in [3.8, 4) is 10.4 Å². The number of aromatic nitrogens is 2. The molecule has 0 aliphatic heterocycles. The Morgan fingerprint density at radius 2 is 1.90 bits per heavy atom. The van der Waals surface area contributed by atoms with E-state index in [9.17, 15) is 9.59 Å². The number of benzene rings is 2. The standard InChI is InChI=1S/C22H20ClN3O2S2/c1-3-13(2)24-18(27)12-25-20-19(14-8-10-15(23)11-9-14)30-22(29)26(20)17-7-5-4-6-16(17)21(25)28/h4-11,13H,3,12H2,1-2H3,(H,24,27)/t13-/m0/s1. The van der Waals surface area contributed by atoms with E-state index in [1.54, 1.807) is 18.2 Å². The molecule has 0 saturated carbocycles. The van der Waals surface area contributed by atoms with E-state index in [-0.39, 0.29) is 24.1 Å². The molecule has 0 unspecified atom stereocenters. The number of halogens is 1. The molecule has 0 aliphatic carbocycles. The van der Waals surface area contributed by atoms with Crippen molar-refractivity contribution in [1.82, 2.24) is 14.3 Å². The zero-order chi connectivity index (χ0) is 21.4. The second kappa shape index (κ2) is 8.34. The maximum Gasteiger partial charge on any atom is 0.262 e. The van der Waals surface area contributed by atoms with E-state index >= 15 is 0 Å². The molecule has 2 heterocycles. The monoisotopic (exact) mass is 457 g/mol. The van der Waals surface area contributed by atoms with Gasteiger partial charge in [-0.05, 0) is 55.4 Å². The van der Waals surface area contributed by atoms with Crippen molar-refractivity contribution in [3.63, 3.8) is 0 Å². The van der Waals surface area contributed by atoms with E-state index in [0.717, 1.165) is 22.4 Å². The molecule has 0 aliphatic rings. The highest BCUT2D eigenvalue weighted by atomic mass is 35.5. The van der Waals surface area contributed by atoms with Crippen LogP contribution in [0.5, 0.6) is 0 Å². The van der Waals surface area contributed by atoms with Gasteiger partial charge in [-0.1, -0.05) is 42.8 Å². The summed E-state index contributed by atoms with van der Waals surface area (Å²) >= 11 is 13.1. The van der Waals surface area contributed by atoms with Crippen LogP contribution in [-0.4, -0.2) is 20.9 Å². The van der Waals surface area contributed by atoms with Gasteiger partial charge in [-0.2, -0.15) is 0 Å². The molecular formula is C22H20ClN3O2S2. The summed E-state index contributed by atoms with van der Waals surface area (Å²) in [6.45, 7) is 3.86. The molecule has 0 spiro atoms. The zero-order valence-electron chi connectivity index (χ0n) is 16.5. The number of rotatable bonds is 5. The van der Waals surface area contributed by atoms with Crippen LogP contribution in [0.1, 0.15) is 20.3 Å². The number of nitrogens with one attached hydrogen (secondary N) is 1. The van der Waals surface area contributed by atoms with E-state index in [4.69, 9.17) is 23.8 Å². The molecule has 0 saturated heterocycles. The number of hydrogen-bond acceptors (Lipinski definition) is 4. The fourth-order valence-corrected chi connectivity index (χ4v) is 4.97. The second-order valence-electron chi connectivity index (χ2n) is 7.15. The number of thiazole rings is 1. The van der Waals surface area contributed by atoms with Crippen molar-refractivity contribution in [3.05, 3.63) is 67.9 Å². The van der Waals surface area contributed by atoms with Crippen molar-refractivity contribution in [2.75, 3.05) is 0 Å². The number of carbonyl (C=O) groups is 1. The van der Waals surface area contributed by atoms with Gasteiger partial charge in [0.2, 0.25) is 5.91 Å². The molecular weight excluding hydrogens is 438 g/mol. The lowest BCUT2D eigenvalue weighted by Gasteiger charge is -2.15. The van der Waals surface area contributed by atoms with Gasteiger partial charge in [-0.15, -0.1) is 11.3 Å². The molecule has 1 atom stereocenters. The molecule has 8 heteroatoms. The third-order valence-corrected chi connectivity index (χ3v) is 6.76. The van der Waals surface area contributed by atoms with Gasteiger partial charge in [-0.3, -0.25) is 18.6 Å². The summed E-state index contributed by atoms with van der Waals surface area (Å²) in [6.07, 6.45) is 0.813. The Kier molecular flexibility index (Phi) is 5.77. The molecule has 4 aromatic rings. The van der Waals surface area contributed by atoms with Gasteiger partial charge >= 0.3 is 0 Å². The third-order valence-electron chi connectivity index (χ3n) is 5.09. The fraction of sp³-hybridized carbons (Fsp3) is 0.227. The summed E-state index contributed by atoms with van der Waals surface area (Å²) in [6, 6.07) is 14.8. The number of amides is 1. The van der Waals surface area contributed by atoms with Crippen LogP contribution >= 0.6 is 35.2 Å². The second-order valence-corrected chi connectivity index (χ2v) is 9.23. The highest BCUT2D eigenvalue weighted by Crippen LogP contribution is 2.33. The number of nitrogens with zero attached hydrogens (tertiary/aromatic N) is 2. The predicted octanol–water partition coefficient (Wildman–Crippen LogP) is 5.28. The predicted molar refractivity (Wildman–Crippen MR) is 126 cm³/mol. The third kappa shape index (κ3) is 3.69. The molecule has 1 N–H and O–H groups in total. The van der Waals surface area contributed by atoms with Crippen LogP contribution in [0.4, 0.5) is 0 Å². The van der Waals surface area contributed by atoms with E-state index in [0.29, 0.717) is 20.0 Å². The maximum atomic E-state index is 13.4. The van der Waals surface area contributed by atoms with Crippen molar-refractivity contribution in [2.45, 2.75) is 32.9 Å². The molecule has 4 rings (SSSR count). The van der Waals surface area contributed by atoms with Gasteiger partial charge < -0.3 is 5.32 Å². The summed E-state index contributed by atoms with van der Waals surface area (Å²) in [4.78, 5) is 26.9. The lowest BCUT2D eigenvalue weighted by Crippen LogP contribution is -2.37. The zero-order valence-corrected chi connectivity index (χ0v) is 18.9. The van der Waals surface area contributed by atoms with Gasteiger partial charge in [0.25, 0.3) is 5.56 Å². The summed E-state index contributed by atoms with van der Waals surface area (Å²) < 4.78 is 4.02. The van der Waals surface area contributed by atoms with Crippen LogP contribution in [0.15, 0.2) is 53.3 Å². The smallest absolute Gasteiger partial charge is 0.262 e. The molecule has 5 nitrogen and oxygen atoms in total. The van der Waals surface area contributed by atoms with Crippen LogP contribution in [0, 0.1) is 3.95 Å². The maximum absolute atomic E-state index is 13.4. The topological polar surface area (TPSA) is 55.5 Å². The van der Waals surface area contributed by atoms with E-state index in [2.05, 4.69) is 5.32 Å². The molecule has 0 bridgehead atoms. The van der Waals surface area contributed by atoms with Crippen LogP contribution < -0.4 is 10.9 Å². The highest BCUT2D eigenvalue weighted by Gasteiger charge is 2.20. The molecule has 1 amide bonds. The Labute approximate surface area is 187 Å². The molecule has 30 heavy (non-hydrogen) atoms. The summed E-state index contributed by atoms with van der Waals surface area (Å²) in [5.74, 6) is -0.206. The summed E-state index contributed by atoms with van der Waals surface area (Å²) in [7, 11) is 0. The first-order valence-electron chi connectivity index (χ1n) is 9.63. The minimum absolute atomic E-state index is 0.0320. The van der Waals surface area contributed by atoms with Crippen molar-refractivity contribution >= 4 is 57.6 Å². The molecule has 0 fully saturated rings. The SMILES string of the molecule is CC[C@H](C)NC(=O)Cn1c(=O)c2ccccc2n2c(=S)sc(-c3ccc(Cl)cc3)c12. The Morgan fingerprint density at radius 1 is 1.20 bits per heavy atom. The minimum atomic E-state index is -0.215. The van der Waals surface area contributed by atoms with E-state index < -0.39 is 0 Å². The van der Waals surface area contributed by atoms with Gasteiger partial charge in [0.05, 0.1) is 15.8 Å². The van der Waals surface area contributed by atoms with Crippen LogP contribution in [0.2, 0.25) is 5.02 Å². The fourth-order valence-electron chi connectivity index (χ4n) is 3.42. The first kappa shape index (κ1) is 20.8. The number of hydrogen-bond donors (Lipinski definition) is 1. The lowest BCUT2D eigenvalue weighted by molar-refractivity contribution is -0.122. The summed E-state index contributed by atoms with van der Waals surface area (Å²) in [5, 5.41) is 4.10. The number of fused-ring (bicyclic) bond motifs is 3. The van der Waals surface area contributed by atoms with Crippen LogP contribution in [-0.2, 0) is 11.3 Å². The Morgan fingerprint density at radius 3 is 2.60 bits per heavy atom. The lowest BCUT2D eigenvalue weighted by atomic mass is 10.2. The first-order valence-corrected chi connectivity index (χ1v) is 11.2. The summed E-state index contributed by atoms with van der Waals surface area (Å²) in [5.41, 5.74) is 2.03. The van der Waals surface area contributed by atoms with E-state index in [1.807, 2.05) is 48.6 Å². The first-order chi connectivity index (χ1) is 14.4. The Bertz CT molecular complexity index is 1370. The van der Waals surface area contributed by atoms with Gasteiger partial charge in [0.15, 0.2) is 3.95 Å². The quantitative estimate of drug-likeness (QED) is 0.415. The minimum Gasteiger partial charge on any atom is -0.352 e. The van der Waals surface area contributed by atoms with Crippen molar-refractivity contribution in [1.29, 1.82) is 0 Å². The molecule has 154 valence electrons. The average molecular weight is 458 g/mol. The van der Waals surface area contributed by atoms with E-state index in [1.165, 1.54) is 15.9 Å². The van der Waals surface area contributed by atoms with Crippen molar-refractivity contribution in [2.24, 2.45) is 0 Å². The molecule has 2 aromatic carbocycles. The van der Waals surface area contributed by atoms with Gasteiger partial charge in [-0.25, -0.2) is 0 Å². The Hall–Kier alpha value is -2.48. The largest absolute Gasteiger partial charge is 0.352 e. The van der Waals surface area contributed by atoms with Gasteiger partial charge in [0.1, 0.15) is 12.2 Å². The Balaban J connectivity index is 2.03. The van der Waals surface area contributed by atoms with Crippen molar-refractivity contribution < 1.29 is 4.79 Å². The highest BCUT2D eigenvalue weighted by molar-refractivity contribution is 7.73. The molecule has 2 aromatic heterocycles. The van der Waals surface area contributed by atoms with Crippen LogP contribution in [0.3, 0.4) is 0 Å². The average Bonchev–Trinajstić information content (AvgIpc) is 3.08. The number of para-hydroxylation sites is 1. The molecule has 0 radical (unpaired) electrons. The normalized spacial score (nSPS) is 12.4. The number of carbonyl (C=O) groups excluding carboxylic acids is 1.